The lowest BCUT2D eigenvalue weighted by Crippen LogP contribution is -2.36. The van der Waals surface area contributed by atoms with Crippen molar-refractivity contribution in [2.45, 2.75) is 32.9 Å². The molecule has 1 aromatic heterocycles. The maximum absolute atomic E-state index is 12.3. The highest BCUT2D eigenvalue weighted by molar-refractivity contribution is 14.0. The summed E-state index contributed by atoms with van der Waals surface area (Å²) in [5, 5.41) is 9.53. The third-order valence-electron chi connectivity index (χ3n) is 5.34. The van der Waals surface area contributed by atoms with Crippen LogP contribution in [0.15, 0.2) is 70.3 Å². The molecule has 180 valence electrons. The Bertz CT molecular complexity index is 1080. The van der Waals surface area contributed by atoms with Gasteiger partial charge >= 0.3 is 6.03 Å². The summed E-state index contributed by atoms with van der Waals surface area (Å²) < 4.78 is 5.60. The molecule has 0 spiro atoms. The number of nitrogens with one attached hydrogen (secondary N) is 3. The van der Waals surface area contributed by atoms with Crippen LogP contribution < -0.4 is 16.0 Å². The number of rotatable bonds is 7. The number of oxazole rings is 1. The zero-order valence-corrected chi connectivity index (χ0v) is 21.6. The fraction of sp³-hybridized carbons (Fsp3) is 0.320. The van der Waals surface area contributed by atoms with Gasteiger partial charge in [-0.15, -0.1) is 24.0 Å². The average Bonchev–Trinajstić information content (AvgIpc) is 3.54. The van der Waals surface area contributed by atoms with E-state index in [9.17, 15) is 4.79 Å². The first-order valence-electron chi connectivity index (χ1n) is 11.4. The fourth-order valence-electron chi connectivity index (χ4n) is 3.66. The van der Waals surface area contributed by atoms with Crippen LogP contribution in [0.1, 0.15) is 31.0 Å². The van der Waals surface area contributed by atoms with Crippen LogP contribution in [-0.4, -0.2) is 41.5 Å². The molecule has 4 rings (SSSR count). The number of aromatic nitrogens is 1. The Morgan fingerprint density at radius 2 is 1.88 bits per heavy atom. The maximum atomic E-state index is 12.3. The molecule has 1 fully saturated rings. The zero-order valence-electron chi connectivity index (χ0n) is 19.3. The van der Waals surface area contributed by atoms with Crippen LogP contribution in [0.25, 0.3) is 11.5 Å². The van der Waals surface area contributed by atoms with Gasteiger partial charge in [-0.2, -0.15) is 0 Å². The monoisotopic (exact) mass is 574 g/mol. The number of carbonyl (C=O) groups excluding carboxylic acids is 1. The largest absolute Gasteiger partial charge is 0.444 e. The summed E-state index contributed by atoms with van der Waals surface area (Å²) in [4.78, 5) is 23.4. The van der Waals surface area contributed by atoms with Gasteiger partial charge < -0.3 is 25.3 Å². The van der Waals surface area contributed by atoms with Gasteiger partial charge in [-0.25, -0.2) is 14.8 Å². The summed E-state index contributed by atoms with van der Waals surface area (Å²) >= 11 is 0. The van der Waals surface area contributed by atoms with Crippen LogP contribution in [0.3, 0.4) is 0 Å². The number of hydrogen-bond acceptors (Lipinski definition) is 4. The molecule has 2 aromatic carbocycles. The molecule has 34 heavy (non-hydrogen) atoms. The lowest BCUT2D eigenvalue weighted by molar-refractivity contribution is 0.222. The second kappa shape index (κ2) is 13.0. The quantitative estimate of drug-likeness (QED) is 0.213. The number of aliphatic imine (C=N–C) groups is 1. The van der Waals surface area contributed by atoms with Crippen LogP contribution in [0.5, 0.6) is 0 Å². The van der Waals surface area contributed by atoms with Crippen molar-refractivity contribution in [2.75, 3.05) is 25.0 Å². The maximum Gasteiger partial charge on any atom is 0.321 e. The fourth-order valence-corrected chi connectivity index (χ4v) is 3.66. The summed E-state index contributed by atoms with van der Waals surface area (Å²) in [5.74, 6) is 1.29. The Kier molecular flexibility index (Phi) is 9.75. The smallest absolute Gasteiger partial charge is 0.321 e. The molecule has 0 aliphatic carbocycles. The van der Waals surface area contributed by atoms with E-state index in [2.05, 4.69) is 25.9 Å². The van der Waals surface area contributed by atoms with Crippen molar-refractivity contribution in [3.63, 3.8) is 0 Å². The van der Waals surface area contributed by atoms with Gasteiger partial charge in [0, 0.05) is 30.9 Å². The lowest BCUT2D eigenvalue weighted by atomic mass is 10.2. The molecular formula is C25H31IN6O2. The van der Waals surface area contributed by atoms with Crippen molar-refractivity contribution in [3.05, 3.63) is 72.1 Å². The number of carbonyl (C=O) groups is 1. The van der Waals surface area contributed by atoms with Crippen molar-refractivity contribution >= 4 is 41.7 Å². The van der Waals surface area contributed by atoms with Gasteiger partial charge in [-0.05, 0) is 49.6 Å². The van der Waals surface area contributed by atoms with Crippen molar-refractivity contribution in [2.24, 2.45) is 4.99 Å². The van der Waals surface area contributed by atoms with Crippen LogP contribution in [0, 0.1) is 0 Å². The van der Waals surface area contributed by atoms with Gasteiger partial charge in [0.25, 0.3) is 0 Å². The number of halogens is 1. The second-order valence-corrected chi connectivity index (χ2v) is 7.88. The lowest BCUT2D eigenvalue weighted by Gasteiger charge is -2.16. The highest BCUT2D eigenvalue weighted by Gasteiger charge is 2.17. The highest BCUT2D eigenvalue weighted by atomic mass is 127. The van der Waals surface area contributed by atoms with Crippen molar-refractivity contribution in [1.29, 1.82) is 0 Å². The van der Waals surface area contributed by atoms with Crippen LogP contribution in [0.2, 0.25) is 0 Å². The minimum atomic E-state index is -0.0364. The predicted octanol–water partition coefficient (Wildman–Crippen LogP) is 4.84. The Morgan fingerprint density at radius 1 is 1.09 bits per heavy atom. The Balaban J connectivity index is 0.00000324. The van der Waals surface area contributed by atoms with Crippen LogP contribution in [-0.2, 0) is 13.1 Å². The number of anilines is 1. The van der Waals surface area contributed by atoms with Crippen LogP contribution in [0.4, 0.5) is 10.5 Å². The molecule has 1 saturated heterocycles. The number of urea groups is 1. The number of nitrogens with zero attached hydrogens (tertiary/aromatic N) is 3. The van der Waals surface area contributed by atoms with Crippen molar-refractivity contribution < 1.29 is 9.21 Å². The normalized spacial score (nSPS) is 13.3. The molecule has 0 unspecified atom stereocenters. The number of hydrogen-bond donors (Lipinski definition) is 3. The molecule has 0 saturated carbocycles. The first-order valence-corrected chi connectivity index (χ1v) is 11.4. The van der Waals surface area contributed by atoms with Gasteiger partial charge in [0.05, 0.1) is 18.8 Å². The van der Waals surface area contributed by atoms with E-state index < -0.39 is 0 Å². The summed E-state index contributed by atoms with van der Waals surface area (Å²) in [6.45, 7) is 5.39. The molecule has 0 atom stereocenters. The van der Waals surface area contributed by atoms with E-state index in [0.717, 1.165) is 55.0 Å². The van der Waals surface area contributed by atoms with Crippen LogP contribution >= 0.6 is 24.0 Å². The number of benzene rings is 2. The van der Waals surface area contributed by atoms with Gasteiger partial charge in [0.15, 0.2) is 5.96 Å². The Labute approximate surface area is 217 Å². The standard InChI is InChI=1S/C25H30N6O2.HI/c1-2-26-24(28-17-22-18-33-23(29-22)20-10-4-3-5-11-20)27-16-19-9-8-12-21(15-19)30-25(32)31-13-6-7-14-31;/h3-5,8-12,15,18H,2,6-7,13-14,16-17H2,1H3,(H,30,32)(H2,26,27,28);1H. The Hall–Kier alpha value is -3.08. The molecular weight excluding hydrogens is 543 g/mol. The van der Waals surface area contributed by atoms with E-state index in [1.54, 1.807) is 6.26 Å². The molecule has 2 amide bonds. The van der Waals surface area contributed by atoms with E-state index in [4.69, 9.17) is 4.42 Å². The third kappa shape index (κ3) is 7.21. The minimum Gasteiger partial charge on any atom is -0.444 e. The number of amides is 2. The molecule has 8 nitrogen and oxygen atoms in total. The summed E-state index contributed by atoms with van der Waals surface area (Å²) in [6.07, 6.45) is 3.81. The predicted molar refractivity (Wildman–Crippen MR) is 145 cm³/mol. The number of guanidine groups is 1. The molecule has 2 heterocycles. The van der Waals surface area contributed by atoms with E-state index in [1.165, 1.54) is 0 Å². The molecule has 3 N–H and O–H groups in total. The van der Waals surface area contributed by atoms with Gasteiger partial charge in [0.2, 0.25) is 5.89 Å². The molecule has 3 aromatic rings. The highest BCUT2D eigenvalue weighted by Crippen LogP contribution is 2.18. The van der Waals surface area contributed by atoms with Crippen molar-refractivity contribution in [1.82, 2.24) is 20.5 Å². The SMILES string of the molecule is CCNC(=NCc1cccc(NC(=O)N2CCCC2)c1)NCc1coc(-c2ccccc2)n1.I. The molecule has 1 aliphatic heterocycles. The van der Waals surface area contributed by atoms with Gasteiger partial charge in [-0.3, -0.25) is 0 Å². The van der Waals surface area contributed by atoms with E-state index >= 15 is 0 Å². The van der Waals surface area contributed by atoms with E-state index in [-0.39, 0.29) is 30.0 Å². The second-order valence-electron chi connectivity index (χ2n) is 7.88. The van der Waals surface area contributed by atoms with Crippen molar-refractivity contribution in [3.8, 4) is 11.5 Å². The minimum absolute atomic E-state index is 0. The summed E-state index contributed by atoms with van der Waals surface area (Å²) in [7, 11) is 0. The van der Waals surface area contributed by atoms with Gasteiger partial charge in [-0.1, -0.05) is 30.3 Å². The summed E-state index contributed by atoms with van der Waals surface area (Å²) in [5.41, 5.74) is 3.54. The molecule has 9 heteroatoms. The molecule has 0 radical (unpaired) electrons. The Morgan fingerprint density at radius 3 is 2.65 bits per heavy atom. The van der Waals surface area contributed by atoms with Gasteiger partial charge in [0.1, 0.15) is 6.26 Å². The first-order chi connectivity index (χ1) is 16.2. The third-order valence-corrected chi connectivity index (χ3v) is 5.34. The number of likely N-dealkylation sites (tertiary alicyclic amines) is 1. The van der Waals surface area contributed by atoms with E-state index in [1.807, 2.05) is 66.4 Å². The topological polar surface area (TPSA) is 94.8 Å². The summed E-state index contributed by atoms with van der Waals surface area (Å²) in [6, 6.07) is 17.6. The molecule has 1 aliphatic rings. The molecule has 0 bridgehead atoms. The zero-order chi connectivity index (χ0) is 22.9. The first kappa shape index (κ1) is 25.5. The average molecular weight is 574 g/mol. The van der Waals surface area contributed by atoms with E-state index in [0.29, 0.717) is 24.9 Å².